The summed E-state index contributed by atoms with van der Waals surface area (Å²) >= 11 is 0. The Morgan fingerprint density at radius 1 is 1.00 bits per heavy atom. The van der Waals surface area contributed by atoms with E-state index in [-0.39, 0.29) is 19.1 Å². The normalized spacial score (nSPS) is 18.4. The molecule has 1 aliphatic rings. The second-order valence-corrected chi connectivity index (χ2v) is 12.8. The fourth-order valence-electron chi connectivity index (χ4n) is 4.93. The van der Waals surface area contributed by atoms with Crippen molar-refractivity contribution in [3.05, 3.63) is 84.4 Å². The fourth-order valence-corrected chi connectivity index (χ4v) is 7.99. The lowest BCUT2D eigenvalue weighted by Crippen LogP contribution is -2.45. The predicted molar refractivity (Wildman–Crippen MR) is 146 cm³/mol. The molecule has 3 aromatic carbocycles. The van der Waals surface area contributed by atoms with Crippen molar-refractivity contribution in [3.63, 3.8) is 0 Å². The van der Waals surface area contributed by atoms with E-state index in [0.717, 1.165) is 16.7 Å². The average Bonchev–Trinajstić information content (AvgIpc) is 2.89. The molecule has 3 atom stereocenters. The van der Waals surface area contributed by atoms with Crippen LogP contribution in [0.4, 0.5) is 0 Å². The quantitative estimate of drug-likeness (QED) is 0.242. The number of aliphatic hydroxyl groups excluding tert-OH is 1. The van der Waals surface area contributed by atoms with E-state index in [1.54, 1.807) is 5.06 Å². The molecule has 1 N–H and O–H groups in total. The molecule has 7 heteroatoms. The maximum absolute atomic E-state index is 15.1. The van der Waals surface area contributed by atoms with Gasteiger partial charge in [-0.1, -0.05) is 80.6 Å². The van der Waals surface area contributed by atoms with Crippen molar-refractivity contribution in [2.24, 2.45) is 11.3 Å². The highest BCUT2D eigenvalue weighted by atomic mass is 31.2. The molecule has 3 unspecified atom stereocenters. The van der Waals surface area contributed by atoms with Gasteiger partial charge in [0.05, 0.1) is 23.4 Å². The van der Waals surface area contributed by atoms with Crippen LogP contribution in [0.2, 0.25) is 0 Å². The standard InChI is InChI=1S/C30H35N2O4P/c1-22(2)29(37(34)28-17-11-9-15-25(28)24-14-8-10-16-26(24)36-37)32(18-19-33)35-27(20-30(3,4)21-31)23-12-6-5-7-13-23/h5-17,22,27,29,33H,18-20H2,1-4H3. The molecule has 37 heavy (non-hydrogen) atoms. The highest BCUT2D eigenvalue weighted by molar-refractivity contribution is 7.68. The van der Waals surface area contributed by atoms with Crippen molar-refractivity contribution >= 4 is 12.7 Å². The average molecular weight is 519 g/mol. The van der Waals surface area contributed by atoms with Crippen molar-refractivity contribution < 1.29 is 19.0 Å². The second kappa shape index (κ2) is 11.2. The summed E-state index contributed by atoms with van der Waals surface area (Å²) in [5.41, 5.74) is 2.03. The van der Waals surface area contributed by atoms with Gasteiger partial charge < -0.3 is 9.63 Å². The molecule has 0 aromatic heterocycles. The maximum atomic E-state index is 15.1. The van der Waals surface area contributed by atoms with Gasteiger partial charge in [0.1, 0.15) is 17.6 Å². The lowest BCUT2D eigenvalue weighted by Gasteiger charge is -2.42. The molecule has 0 saturated carbocycles. The molecule has 3 aromatic rings. The summed E-state index contributed by atoms with van der Waals surface area (Å²) in [4.78, 5) is 6.63. The van der Waals surface area contributed by atoms with E-state index in [9.17, 15) is 10.4 Å². The summed E-state index contributed by atoms with van der Waals surface area (Å²) in [5, 5.41) is 22.1. The van der Waals surface area contributed by atoms with Crippen molar-refractivity contribution in [3.8, 4) is 22.9 Å². The number of para-hydroxylation sites is 1. The third-order valence-corrected chi connectivity index (χ3v) is 9.72. The SMILES string of the molecule is CC(C)C(N(CCO)OC(CC(C)(C)C#N)c1ccccc1)P1(=O)Oc2ccccc2-c2ccccc21. The molecule has 0 aliphatic carbocycles. The molecular formula is C30H35N2O4P. The maximum Gasteiger partial charge on any atom is 0.297 e. The Balaban J connectivity index is 1.80. The molecular weight excluding hydrogens is 483 g/mol. The lowest BCUT2D eigenvalue weighted by atomic mass is 9.86. The summed E-state index contributed by atoms with van der Waals surface area (Å²) in [5.74, 6) is -0.244. The Bertz CT molecular complexity index is 1300. The van der Waals surface area contributed by atoms with Gasteiger partial charge in [-0.25, -0.2) is 0 Å². The number of nitriles is 1. The minimum Gasteiger partial charge on any atom is -0.438 e. The summed E-state index contributed by atoms with van der Waals surface area (Å²) in [6.45, 7) is 7.67. The molecule has 0 spiro atoms. The first kappa shape index (κ1) is 27.1. The summed E-state index contributed by atoms with van der Waals surface area (Å²) in [7, 11) is -3.57. The highest BCUT2D eigenvalue weighted by Gasteiger charge is 2.48. The molecule has 1 aliphatic heterocycles. The topological polar surface area (TPSA) is 82.8 Å². The number of benzene rings is 3. The molecule has 0 amide bonds. The van der Waals surface area contributed by atoms with Crippen LogP contribution in [-0.2, 0) is 9.40 Å². The number of fused-ring (bicyclic) bond motifs is 3. The Morgan fingerprint density at radius 3 is 2.27 bits per heavy atom. The number of nitrogens with zero attached hydrogens (tertiary/aromatic N) is 2. The third kappa shape index (κ3) is 5.66. The van der Waals surface area contributed by atoms with Crippen LogP contribution in [0.25, 0.3) is 11.1 Å². The number of hydrogen-bond donors (Lipinski definition) is 1. The smallest absolute Gasteiger partial charge is 0.297 e. The van der Waals surface area contributed by atoms with Crippen LogP contribution in [-0.4, -0.2) is 29.1 Å². The first-order chi connectivity index (χ1) is 17.7. The summed E-state index contributed by atoms with van der Waals surface area (Å²) < 4.78 is 21.5. The van der Waals surface area contributed by atoms with Crippen LogP contribution in [0, 0.1) is 22.7 Å². The van der Waals surface area contributed by atoms with Crippen molar-refractivity contribution in [1.29, 1.82) is 5.26 Å². The summed E-state index contributed by atoms with van der Waals surface area (Å²) in [6, 6.07) is 27.4. The van der Waals surface area contributed by atoms with E-state index in [4.69, 9.17) is 9.36 Å². The Kier molecular flexibility index (Phi) is 8.21. The number of hydroxylamine groups is 2. The first-order valence-electron chi connectivity index (χ1n) is 12.7. The zero-order valence-electron chi connectivity index (χ0n) is 21.9. The van der Waals surface area contributed by atoms with Crippen LogP contribution in [0.3, 0.4) is 0 Å². The van der Waals surface area contributed by atoms with Gasteiger partial charge in [-0.05, 0) is 49.4 Å². The Morgan fingerprint density at radius 2 is 1.62 bits per heavy atom. The van der Waals surface area contributed by atoms with Crippen LogP contribution < -0.4 is 9.83 Å². The first-order valence-corrected chi connectivity index (χ1v) is 14.4. The molecule has 0 radical (unpaired) electrons. The van der Waals surface area contributed by atoms with E-state index >= 15 is 4.57 Å². The summed E-state index contributed by atoms with van der Waals surface area (Å²) in [6.07, 6.45) is -0.0623. The number of hydrogen-bond acceptors (Lipinski definition) is 6. The minimum absolute atomic E-state index is 0.135. The van der Waals surface area contributed by atoms with E-state index < -0.39 is 24.7 Å². The fraction of sp³-hybridized carbons (Fsp3) is 0.367. The predicted octanol–water partition coefficient (Wildman–Crippen LogP) is 6.54. The van der Waals surface area contributed by atoms with Crippen molar-refractivity contribution in [2.75, 3.05) is 13.2 Å². The second-order valence-electron chi connectivity index (χ2n) is 10.4. The van der Waals surface area contributed by atoms with Gasteiger partial charge in [-0.3, -0.25) is 9.40 Å². The van der Waals surface area contributed by atoms with Gasteiger partial charge >= 0.3 is 0 Å². The number of aliphatic hydroxyl groups is 1. The zero-order valence-corrected chi connectivity index (χ0v) is 22.8. The van der Waals surface area contributed by atoms with E-state index in [1.807, 2.05) is 107 Å². The van der Waals surface area contributed by atoms with Crippen LogP contribution in [0.15, 0.2) is 78.9 Å². The molecule has 0 saturated heterocycles. The Hall–Kier alpha value is -2.94. The van der Waals surface area contributed by atoms with E-state index in [1.165, 1.54) is 0 Å². The van der Waals surface area contributed by atoms with Gasteiger partial charge in [0.2, 0.25) is 0 Å². The molecule has 0 bridgehead atoms. The highest BCUT2D eigenvalue weighted by Crippen LogP contribution is 2.60. The van der Waals surface area contributed by atoms with Gasteiger partial charge in [0, 0.05) is 12.1 Å². The van der Waals surface area contributed by atoms with Gasteiger partial charge in [0.15, 0.2) is 0 Å². The molecule has 1 heterocycles. The van der Waals surface area contributed by atoms with Gasteiger partial charge in [-0.15, -0.1) is 0 Å². The lowest BCUT2D eigenvalue weighted by molar-refractivity contribution is -0.225. The molecule has 6 nitrogen and oxygen atoms in total. The molecule has 4 rings (SSSR count). The third-order valence-electron chi connectivity index (χ3n) is 6.64. The van der Waals surface area contributed by atoms with Gasteiger partial charge in [-0.2, -0.15) is 10.3 Å². The van der Waals surface area contributed by atoms with Gasteiger partial charge in [0.25, 0.3) is 7.37 Å². The van der Waals surface area contributed by atoms with E-state index in [2.05, 4.69) is 6.07 Å². The van der Waals surface area contributed by atoms with Crippen molar-refractivity contribution in [1.82, 2.24) is 5.06 Å². The Labute approximate surface area is 219 Å². The monoisotopic (exact) mass is 518 g/mol. The van der Waals surface area contributed by atoms with Crippen molar-refractivity contribution in [2.45, 2.75) is 46.0 Å². The molecule has 0 fully saturated rings. The van der Waals surface area contributed by atoms with Crippen LogP contribution >= 0.6 is 7.37 Å². The zero-order chi connectivity index (χ0) is 26.6. The van der Waals surface area contributed by atoms with Crippen LogP contribution in [0.1, 0.15) is 45.8 Å². The van der Waals surface area contributed by atoms with Crippen LogP contribution in [0.5, 0.6) is 5.75 Å². The minimum atomic E-state index is -3.57. The number of rotatable bonds is 10. The largest absolute Gasteiger partial charge is 0.438 e. The van der Waals surface area contributed by atoms with E-state index in [0.29, 0.717) is 17.5 Å². The molecule has 194 valence electrons.